The van der Waals surface area contributed by atoms with Crippen LogP contribution in [0.4, 0.5) is 92.2 Å². The van der Waals surface area contributed by atoms with Gasteiger partial charge in [0.05, 0.1) is 60.5 Å². The fraction of sp³-hybridized carbons (Fsp3) is 0.197. The summed E-state index contributed by atoms with van der Waals surface area (Å²) in [6, 6.07) is 31.1. The number of halogens is 5. The summed E-state index contributed by atoms with van der Waals surface area (Å²) in [5.74, 6) is 5.19. The highest BCUT2D eigenvalue weighted by Crippen LogP contribution is 2.41. The Bertz CT molecular complexity index is 5220. The number of nitrogens with two attached hydrogens (primary N) is 1. The van der Waals surface area contributed by atoms with Crippen LogP contribution in [0.3, 0.4) is 0 Å². The van der Waals surface area contributed by atoms with Gasteiger partial charge >= 0.3 is 11.4 Å². The Morgan fingerprint density at radius 3 is 1.49 bits per heavy atom. The molecule has 11 aromatic heterocycles. The highest BCUT2D eigenvalue weighted by atomic mass is 79.9. The monoisotopic (exact) mass is 1760 g/mol. The molecular formula is C76H77Br3Cl2N24O8. The number of hydrogen-bond donors (Lipinski definition) is 6. The maximum atomic E-state index is 12.8. The van der Waals surface area contributed by atoms with Crippen molar-refractivity contribution in [1.29, 1.82) is 0 Å². The number of carbonyl (C=O) groups is 4. The Balaban J connectivity index is 0.000000168. The first-order valence-corrected chi connectivity index (χ1v) is 37.9. The zero-order chi connectivity index (χ0) is 81.8. The molecule has 32 nitrogen and oxygen atoms in total. The van der Waals surface area contributed by atoms with Crippen LogP contribution in [0.1, 0.15) is 88.5 Å². The predicted octanol–water partition coefficient (Wildman–Crippen LogP) is 16.6. The van der Waals surface area contributed by atoms with E-state index in [1.807, 2.05) is 111 Å². The fourth-order valence-corrected chi connectivity index (χ4v) is 12.2. The molecule has 4 amide bonds. The number of aromatic nitrogens is 11. The van der Waals surface area contributed by atoms with Gasteiger partial charge < -0.3 is 56.8 Å². The Kier molecular flexibility index (Phi) is 32.2. The van der Waals surface area contributed by atoms with Crippen molar-refractivity contribution >= 4 is 187 Å². The molecule has 113 heavy (non-hydrogen) atoms. The zero-order valence-corrected chi connectivity index (χ0v) is 68.5. The third-order valence-electron chi connectivity index (χ3n) is 16.0. The first kappa shape index (κ1) is 86.3. The Hall–Kier alpha value is -12.3. The molecule has 0 bridgehead atoms. The number of anilines is 14. The first-order chi connectivity index (χ1) is 54.4. The van der Waals surface area contributed by atoms with Crippen LogP contribution in [0.2, 0.25) is 10.3 Å². The molecule has 0 unspecified atom stereocenters. The van der Waals surface area contributed by atoms with Crippen molar-refractivity contribution in [1.82, 2.24) is 54.8 Å². The quantitative estimate of drug-likeness (QED) is 0.0240. The van der Waals surface area contributed by atoms with Gasteiger partial charge in [-0.3, -0.25) is 39.4 Å². The molecule has 584 valence electrons. The van der Waals surface area contributed by atoms with Crippen LogP contribution in [-0.4, -0.2) is 142 Å². The van der Waals surface area contributed by atoms with Gasteiger partial charge in [-0.25, -0.2) is 54.8 Å². The number of nitrogens with zero attached hydrogens (tertiary/aromatic N) is 18. The minimum atomic E-state index is -0.574. The third kappa shape index (κ3) is 22.3. The molecule has 11 aromatic rings. The number of allylic oxidation sites excluding steroid dienone is 1. The second kappa shape index (κ2) is 42.2. The van der Waals surface area contributed by atoms with Crippen molar-refractivity contribution in [2.24, 2.45) is 0 Å². The number of fused-ring (bicyclic) bond motifs is 6. The van der Waals surface area contributed by atoms with Crippen LogP contribution in [-0.2, 0) is 6.42 Å². The normalized spacial score (nSPS) is 11.8. The van der Waals surface area contributed by atoms with E-state index in [-0.39, 0.29) is 45.3 Å². The molecule has 0 saturated heterocycles. The molecule has 0 aromatic carbocycles. The number of nitrogens with one attached hydrogen (secondary N) is 5. The number of rotatable bonds is 15. The van der Waals surface area contributed by atoms with Gasteiger partial charge in [0.25, 0.3) is 23.6 Å². The van der Waals surface area contributed by atoms with Crippen LogP contribution in [0.5, 0.6) is 0 Å². The minimum absolute atomic E-state index is 0.0133. The average Bonchev–Trinajstić information content (AvgIpc) is 1.65. The standard InChI is InChI=1S/C17H18N4O.C14H13BrN4O.C13H12BrClN4O.C13H11BrN4O.C7H9N3O2.C7H11N3.C5H3ClN2O2/c1-4-7-12-10-13-15(19-11-12)21(5-2)16-14(8-6-9-18-16)20(3)17(13)22;1-3-19-12-10(7-9(15)8-17-12)14(20)18(2)11-5-4-6-16-13(11)19;1-2-16-12-10(4-3-5-17-12)19-13(20)9-6-8(14)7-18-11(9)15;1-2-18-11-9(6-8(14)7-16-11)13(19)17-10-4-3-5-15-12(10)18;1-2-8-7-6(10(11)12)4-3-5-9-7;1-2-9-7-6(8)4-3-5-10-7;6-5-4(8(9)10)2-1-3-7-5/h4,6,8-11H,1,5,7H2,2-3H3;4-8H,3H2,1-2H3;3-7H,2H2,1H3,(H,16,17)(H,19,20);3-7H,2H2,1H3,(H,17,19);3-5H,2H2,1H3,(H,8,9);3-5H,2,8H2,1H3,(H,9,10);1-3H. The average molecular weight is 1770 g/mol. The lowest BCUT2D eigenvalue weighted by Gasteiger charge is -2.22. The van der Waals surface area contributed by atoms with Gasteiger partial charge in [-0.15, -0.1) is 6.58 Å². The van der Waals surface area contributed by atoms with Crippen LogP contribution in [0, 0.1) is 20.2 Å². The van der Waals surface area contributed by atoms with Crippen LogP contribution >= 0.6 is 71.0 Å². The minimum Gasteiger partial charge on any atom is -0.396 e. The summed E-state index contributed by atoms with van der Waals surface area (Å²) in [5.41, 5.74) is 12.0. The van der Waals surface area contributed by atoms with Crippen molar-refractivity contribution in [2.75, 3.05) is 110 Å². The maximum Gasteiger partial charge on any atom is 0.311 e. The van der Waals surface area contributed by atoms with E-state index in [1.54, 1.807) is 116 Å². The number of nitrogen functional groups attached to an aromatic ring is 1. The highest BCUT2D eigenvalue weighted by molar-refractivity contribution is 9.11. The van der Waals surface area contributed by atoms with E-state index in [0.717, 1.165) is 49.9 Å². The molecule has 0 spiro atoms. The second-order valence-electron chi connectivity index (χ2n) is 23.3. The van der Waals surface area contributed by atoms with E-state index in [1.165, 1.54) is 36.8 Å². The Morgan fingerprint density at radius 1 is 0.513 bits per heavy atom. The Morgan fingerprint density at radius 2 is 0.947 bits per heavy atom. The molecule has 37 heteroatoms. The highest BCUT2D eigenvalue weighted by Gasteiger charge is 2.33. The van der Waals surface area contributed by atoms with Crippen molar-refractivity contribution in [3.63, 3.8) is 0 Å². The smallest absolute Gasteiger partial charge is 0.311 e. The fourth-order valence-electron chi connectivity index (χ4n) is 10.8. The van der Waals surface area contributed by atoms with Gasteiger partial charge in [0, 0.05) is 147 Å². The zero-order valence-electron chi connectivity index (χ0n) is 62.3. The molecule has 0 radical (unpaired) electrons. The van der Waals surface area contributed by atoms with Gasteiger partial charge in [-0.2, -0.15) is 0 Å². The van der Waals surface area contributed by atoms with Gasteiger partial charge in [0.1, 0.15) is 34.2 Å². The summed E-state index contributed by atoms with van der Waals surface area (Å²) in [6.45, 7) is 19.8. The molecule has 7 N–H and O–H groups in total. The summed E-state index contributed by atoms with van der Waals surface area (Å²) in [4.78, 5) is 125. The largest absolute Gasteiger partial charge is 0.396 e. The molecule has 0 aliphatic carbocycles. The number of nitro groups is 2. The number of hydrogen-bond acceptors (Lipinski definition) is 26. The van der Waals surface area contributed by atoms with Gasteiger partial charge in [0.2, 0.25) is 11.0 Å². The number of amides is 4. The molecule has 0 saturated carbocycles. The van der Waals surface area contributed by atoms with Crippen molar-refractivity contribution in [2.45, 2.75) is 48.0 Å². The van der Waals surface area contributed by atoms with Crippen LogP contribution < -0.4 is 56.8 Å². The topological polar surface area (TPSA) is 399 Å². The van der Waals surface area contributed by atoms with E-state index in [9.17, 15) is 39.4 Å². The Labute approximate surface area is 685 Å². The van der Waals surface area contributed by atoms with Crippen LogP contribution in [0.25, 0.3) is 0 Å². The lowest BCUT2D eigenvalue weighted by molar-refractivity contribution is -0.385. The molecule has 0 atom stereocenters. The summed E-state index contributed by atoms with van der Waals surface area (Å²) in [5, 5.41) is 35.2. The van der Waals surface area contributed by atoms with E-state index in [4.69, 9.17) is 28.9 Å². The molecule has 0 fully saturated rings. The molecule has 14 heterocycles. The summed E-state index contributed by atoms with van der Waals surface area (Å²) in [7, 11) is 3.53. The van der Waals surface area contributed by atoms with Crippen molar-refractivity contribution < 1.29 is 29.0 Å². The van der Waals surface area contributed by atoms with Gasteiger partial charge in [0.15, 0.2) is 17.5 Å². The molecule has 3 aliphatic heterocycles. The summed E-state index contributed by atoms with van der Waals surface area (Å²) < 4.78 is 2.24. The summed E-state index contributed by atoms with van der Waals surface area (Å²) in [6.07, 6.45) is 20.7. The predicted molar refractivity (Wildman–Crippen MR) is 453 cm³/mol. The van der Waals surface area contributed by atoms with Gasteiger partial charge in [-0.1, -0.05) is 29.3 Å². The maximum absolute atomic E-state index is 12.8. The first-order valence-electron chi connectivity index (χ1n) is 34.7. The van der Waals surface area contributed by atoms with Crippen molar-refractivity contribution in [3.05, 3.63) is 262 Å². The number of pyridine rings is 11. The van der Waals surface area contributed by atoms with E-state index in [2.05, 4.69) is 136 Å². The van der Waals surface area contributed by atoms with Crippen LogP contribution in [0.15, 0.2) is 203 Å². The molecule has 3 aliphatic rings. The summed E-state index contributed by atoms with van der Waals surface area (Å²) >= 11 is 21.3. The molecule has 14 rings (SSSR count). The second-order valence-corrected chi connectivity index (χ2v) is 26.8. The van der Waals surface area contributed by atoms with E-state index < -0.39 is 9.85 Å². The lowest BCUT2D eigenvalue weighted by atomic mass is 10.1. The van der Waals surface area contributed by atoms with Gasteiger partial charge in [-0.05, 0) is 198 Å². The third-order valence-corrected chi connectivity index (χ3v) is 17.8. The lowest BCUT2D eigenvalue weighted by Crippen LogP contribution is -2.25. The van der Waals surface area contributed by atoms with E-state index >= 15 is 0 Å². The SMILES string of the molecule is C=CCc1cnc2c(c1)C(=O)N(C)c1cccnc1N2CC.CCN1c2ncc(Br)cc2C(=O)N(C)c2cccnc21.CCN1c2ncccc2NC(=O)c2cc(Br)cnc21.CCNc1ncccc1N.CCNc1ncccc1NC(=O)c1cc(Br)cnc1Cl.CCNc1ncccc1[N+](=O)[O-].O=[N+]([O-])c1cccnc1Cl. The van der Waals surface area contributed by atoms with Crippen molar-refractivity contribution in [3.8, 4) is 0 Å². The number of carbonyl (C=O) groups excluding carboxylic acids is 4. The van der Waals surface area contributed by atoms with E-state index in [0.29, 0.717) is 118 Å². The molecular weight excluding hydrogens is 1690 g/mol.